The summed E-state index contributed by atoms with van der Waals surface area (Å²) >= 11 is 0.959. The minimum atomic E-state index is -3.38. The molecule has 0 bridgehead atoms. The van der Waals surface area contributed by atoms with Crippen molar-refractivity contribution in [1.29, 1.82) is 0 Å². The highest BCUT2D eigenvalue weighted by atomic mass is 32.2. The molecule has 12 heteroatoms. The van der Waals surface area contributed by atoms with Gasteiger partial charge in [-0.25, -0.2) is 13.4 Å². The van der Waals surface area contributed by atoms with Gasteiger partial charge in [-0.15, -0.1) is 0 Å². The summed E-state index contributed by atoms with van der Waals surface area (Å²) in [5.74, 6) is -1.68. The zero-order valence-electron chi connectivity index (χ0n) is 14.9. The van der Waals surface area contributed by atoms with Crippen molar-refractivity contribution in [2.24, 2.45) is 0 Å². The molecule has 3 aromatic rings. The fraction of sp³-hybridized carbons (Fsp3) is 0.176. The van der Waals surface area contributed by atoms with Gasteiger partial charge >= 0.3 is 5.69 Å². The number of thioether (sulfide) groups is 1. The van der Waals surface area contributed by atoms with Crippen LogP contribution in [0.15, 0.2) is 50.9 Å². The Labute approximate surface area is 168 Å². The molecule has 0 spiro atoms. The Hall–Kier alpha value is -2.99. The molecule has 9 nitrogen and oxygen atoms in total. The molecule has 0 radical (unpaired) electrons. The van der Waals surface area contributed by atoms with Crippen LogP contribution in [0.2, 0.25) is 0 Å². The molecule has 1 heterocycles. The summed E-state index contributed by atoms with van der Waals surface area (Å²) in [4.78, 5) is 26.2. The van der Waals surface area contributed by atoms with Crippen molar-refractivity contribution in [2.45, 2.75) is 17.0 Å². The van der Waals surface area contributed by atoms with E-state index in [1.54, 1.807) is 0 Å². The lowest BCUT2D eigenvalue weighted by atomic mass is 10.2. The molecule has 0 saturated heterocycles. The van der Waals surface area contributed by atoms with Gasteiger partial charge in [-0.05, 0) is 30.3 Å². The molecule has 0 saturated carbocycles. The van der Waals surface area contributed by atoms with Crippen LogP contribution in [-0.2, 0) is 14.6 Å². The minimum Gasteiger partial charge on any atom is -0.431 e. The van der Waals surface area contributed by atoms with Crippen molar-refractivity contribution in [1.82, 2.24) is 4.98 Å². The molecule has 1 amide bonds. The first-order chi connectivity index (χ1) is 13.7. The number of amides is 1. The molecule has 1 aromatic heterocycles. The Morgan fingerprint density at radius 2 is 2.07 bits per heavy atom. The molecular formula is C17H14FN3O6S2. The Morgan fingerprint density at radius 1 is 1.31 bits per heavy atom. The normalized spacial score (nSPS) is 11.5. The lowest BCUT2D eigenvalue weighted by Crippen LogP contribution is -2.14. The maximum absolute atomic E-state index is 13.3. The quantitative estimate of drug-likeness (QED) is 0.336. The summed E-state index contributed by atoms with van der Waals surface area (Å²) in [7, 11) is -3.38. The number of benzene rings is 2. The number of aromatic nitrogens is 1. The molecular weight excluding hydrogens is 425 g/mol. The van der Waals surface area contributed by atoms with Crippen LogP contribution in [0.4, 0.5) is 15.8 Å². The number of nitrogens with zero attached hydrogens (tertiary/aromatic N) is 2. The topological polar surface area (TPSA) is 132 Å². The van der Waals surface area contributed by atoms with Gasteiger partial charge in [-0.3, -0.25) is 14.9 Å². The summed E-state index contributed by atoms with van der Waals surface area (Å²) in [6, 6.07) is 7.34. The third-order valence-electron chi connectivity index (χ3n) is 3.83. The molecule has 2 aromatic carbocycles. The summed E-state index contributed by atoms with van der Waals surface area (Å²) in [5.41, 5.74) is 0.0524. The van der Waals surface area contributed by atoms with E-state index in [-0.39, 0.29) is 27.3 Å². The van der Waals surface area contributed by atoms with Gasteiger partial charge in [0.2, 0.25) is 11.7 Å². The van der Waals surface area contributed by atoms with E-state index < -0.39 is 32.2 Å². The van der Waals surface area contributed by atoms with E-state index >= 15 is 0 Å². The van der Waals surface area contributed by atoms with Crippen molar-refractivity contribution in [3.05, 3.63) is 52.3 Å². The molecule has 0 fully saturated rings. The lowest BCUT2D eigenvalue weighted by molar-refractivity contribution is -0.387. The van der Waals surface area contributed by atoms with Gasteiger partial charge in [0.1, 0.15) is 5.52 Å². The number of carbonyl (C=O) groups excluding carboxylic acids is 1. The van der Waals surface area contributed by atoms with Crippen LogP contribution in [0.25, 0.3) is 11.1 Å². The number of rotatable bonds is 7. The fourth-order valence-corrected chi connectivity index (χ4v) is 3.90. The molecule has 0 aliphatic heterocycles. The number of fused-ring (bicyclic) bond motifs is 1. The molecule has 0 unspecified atom stereocenters. The molecule has 0 atom stereocenters. The Kier molecular flexibility index (Phi) is 5.84. The zero-order chi connectivity index (χ0) is 21.2. The van der Waals surface area contributed by atoms with Gasteiger partial charge in [0.25, 0.3) is 5.22 Å². The molecule has 0 aliphatic rings. The smallest absolute Gasteiger partial charge is 0.306 e. The minimum absolute atomic E-state index is 0.0420. The summed E-state index contributed by atoms with van der Waals surface area (Å²) in [6.07, 6.45) is 0. The molecule has 29 heavy (non-hydrogen) atoms. The van der Waals surface area contributed by atoms with Crippen molar-refractivity contribution < 1.29 is 26.9 Å². The summed E-state index contributed by atoms with van der Waals surface area (Å²) in [5, 5.41) is 13.3. The number of nitrogens with one attached hydrogen (secondary N) is 1. The largest absolute Gasteiger partial charge is 0.431 e. The Morgan fingerprint density at radius 3 is 2.76 bits per heavy atom. The second-order valence-corrected chi connectivity index (χ2v) is 8.98. The number of nitro benzene ring substituents is 1. The van der Waals surface area contributed by atoms with E-state index in [2.05, 4.69) is 10.3 Å². The molecule has 0 aliphatic carbocycles. The highest BCUT2D eigenvalue weighted by Crippen LogP contribution is 2.26. The first-order valence-corrected chi connectivity index (χ1v) is 10.8. The first-order valence-electron chi connectivity index (χ1n) is 8.19. The van der Waals surface area contributed by atoms with Crippen LogP contribution in [0.3, 0.4) is 0 Å². The van der Waals surface area contributed by atoms with Crippen molar-refractivity contribution in [3.63, 3.8) is 0 Å². The van der Waals surface area contributed by atoms with E-state index in [1.807, 2.05) is 0 Å². The van der Waals surface area contributed by atoms with Crippen LogP contribution in [0.1, 0.15) is 6.92 Å². The average Bonchev–Trinajstić information content (AvgIpc) is 3.10. The number of oxazole rings is 1. The summed E-state index contributed by atoms with van der Waals surface area (Å²) < 4.78 is 42.7. The standard InChI is InChI=1S/C17H14FN3O6S2/c1-2-29(25,26)11-4-6-15-13(8-11)20-17(27-15)28-9-16(22)19-10-3-5-12(18)14(7-10)21(23)24/h3-8H,2,9H2,1H3,(H,19,22). The van der Waals surface area contributed by atoms with Gasteiger partial charge < -0.3 is 9.73 Å². The monoisotopic (exact) mass is 439 g/mol. The third-order valence-corrected chi connectivity index (χ3v) is 6.39. The highest BCUT2D eigenvalue weighted by molar-refractivity contribution is 7.99. The number of nitro groups is 1. The molecule has 152 valence electrons. The molecule has 3 rings (SSSR count). The van der Waals surface area contributed by atoms with Crippen LogP contribution >= 0.6 is 11.8 Å². The van der Waals surface area contributed by atoms with Gasteiger partial charge in [-0.1, -0.05) is 18.7 Å². The fourth-order valence-electron chi connectivity index (χ4n) is 2.36. The maximum Gasteiger partial charge on any atom is 0.306 e. The Bertz CT molecular complexity index is 1210. The second kappa shape index (κ2) is 8.17. The predicted molar refractivity (Wildman–Crippen MR) is 104 cm³/mol. The van der Waals surface area contributed by atoms with Crippen LogP contribution < -0.4 is 5.32 Å². The van der Waals surface area contributed by atoms with Gasteiger partial charge in [0.05, 0.1) is 21.3 Å². The van der Waals surface area contributed by atoms with Crippen LogP contribution in [0.5, 0.6) is 0 Å². The van der Waals surface area contributed by atoms with Gasteiger partial charge in [0.15, 0.2) is 15.4 Å². The number of hydrogen-bond donors (Lipinski definition) is 1. The average molecular weight is 439 g/mol. The Balaban J connectivity index is 1.68. The van der Waals surface area contributed by atoms with Crippen LogP contribution in [0, 0.1) is 15.9 Å². The predicted octanol–water partition coefficient (Wildman–Crippen LogP) is 3.40. The van der Waals surface area contributed by atoms with E-state index in [0.29, 0.717) is 11.1 Å². The van der Waals surface area contributed by atoms with Crippen molar-refractivity contribution in [3.8, 4) is 0 Å². The van der Waals surface area contributed by atoms with Gasteiger partial charge in [-0.2, -0.15) is 4.39 Å². The van der Waals surface area contributed by atoms with Crippen molar-refractivity contribution in [2.75, 3.05) is 16.8 Å². The van der Waals surface area contributed by atoms with Crippen LogP contribution in [-0.4, -0.2) is 35.7 Å². The number of sulfone groups is 1. The highest BCUT2D eigenvalue weighted by Gasteiger charge is 2.17. The lowest BCUT2D eigenvalue weighted by Gasteiger charge is -2.04. The number of anilines is 1. The molecule has 1 N–H and O–H groups in total. The van der Waals surface area contributed by atoms with E-state index in [4.69, 9.17) is 4.42 Å². The summed E-state index contributed by atoms with van der Waals surface area (Å²) in [6.45, 7) is 1.54. The number of carbonyl (C=O) groups is 1. The van der Waals surface area contributed by atoms with E-state index in [9.17, 15) is 27.7 Å². The zero-order valence-corrected chi connectivity index (χ0v) is 16.5. The third kappa shape index (κ3) is 4.71. The van der Waals surface area contributed by atoms with Crippen molar-refractivity contribution >= 4 is 50.0 Å². The number of halogens is 1. The maximum atomic E-state index is 13.3. The first kappa shape index (κ1) is 20.7. The SMILES string of the molecule is CCS(=O)(=O)c1ccc2oc(SCC(=O)Nc3ccc(F)c([N+](=O)[O-])c3)nc2c1. The van der Waals surface area contributed by atoms with E-state index in [0.717, 1.165) is 23.9 Å². The van der Waals surface area contributed by atoms with E-state index in [1.165, 1.54) is 31.2 Å². The second-order valence-electron chi connectivity index (χ2n) is 5.77. The number of hydrogen-bond acceptors (Lipinski definition) is 8. The van der Waals surface area contributed by atoms with Gasteiger partial charge in [0, 0.05) is 11.8 Å².